The molecule has 0 radical (unpaired) electrons. The molecule has 18 heavy (non-hydrogen) atoms. The molecule has 4 N–H and O–H groups in total. The maximum atomic E-state index is 11.8. The quantitative estimate of drug-likeness (QED) is 0.540. The summed E-state index contributed by atoms with van der Waals surface area (Å²) in [6.45, 7) is -0.349. The average Bonchev–Trinajstić information content (AvgIpc) is 2.65. The number of hydrogen-bond donors (Lipinski definition) is 4. The maximum absolute atomic E-state index is 11.8. The fraction of sp³-hybridized carbons (Fsp3) is 0.600. The molecule has 7 nitrogen and oxygen atoms in total. The third-order valence-corrected chi connectivity index (χ3v) is 3.16. The second kappa shape index (κ2) is 5.29. The fourth-order valence-electron chi connectivity index (χ4n) is 2.03. The minimum absolute atomic E-state index is 0.204. The van der Waals surface area contributed by atoms with Crippen LogP contribution in [-0.4, -0.2) is 52.2 Å². The van der Waals surface area contributed by atoms with Crippen LogP contribution >= 0.6 is 12.2 Å². The first-order valence-corrected chi connectivity index (χ1v) is 5.78. The molecule has 0 aliphatic carbocycles. The molecule has 1 aromatic rings. The first kappa shape index (κ1) is 13.4. The molecule has 4 atom stereocenters. The Hall–Kier alpha value is -1.06. The van der Waals surface area contributed by atoms with Crippen LogP contribution < -0.4 is 5.56 Å². The number of aromatic amines is 2. The normalized spacial score (nSPS) is 31.7. The van der Waals surface area contributed by atoms with Crippen LogP contribution in [0.25, 0.3) is 0 Å². The molecule has 1 aliphatic rings. The number of ether oxygens (including phenoxy) is 2. The van der Waals surface area contributed by atoms with Crippen molar-refractivity contribution in [3.63, 3.8) is 0 Å². The lowest BCUT2D eigenvalue weighted by Gasteiger charge is -2.17. The van der Waals surface area contributed by atoms with Crippen molar-refractivity contribution in [3.8, 4) is 0 Å². The van der Waals surface area contributed by atoms with Crippen LogP contribution in [0.1, 0.15) is 11.7 Å². The number of rotatable bonds is 3. The van der Waals surface area contributed by atoms with Gasteiger partial charge in [-0.1, -0.05) is 0 Å². The van der Waals surface area contributed by atoms with E-state index in [2.05, 4.69) is 9.97 Å². The second-order valence-corrected chi connectivity index (χ2v) is 4.40. The van der Waals surface area contributed by atoms with Gasteiger partial charge in [-0.05, 0) is 12.2 Å². The summed E-state index contributed by atoms with van der Waals surface area (Å²) in [7, 11) is 1.41. The van der Waals surface area contributed by atoms with Gasteiger partial charge in [-0.3, -0.25) is 9.78 Å². The summed E-state index contributed by atoms with van der Waals surface area (Å²) in [4.78, 5) is 16.9. The van der Waals surface area contributed by atoms with Crippen LogP contribution in [0.5, 0.6) is 0 Å². The lowest BCUT2D eigenvalue weighted by atomic mass is 10.0. The van der Waals surface area contributed by atoms with Gasteiger partial charge in [-0.2, -0.15) is 0 Å². The van der Waals surface area contributed by atoms with E-state index in [0.717, 1.165) is 0 Å². The van der Waals surface area contributed by atoms with Crippen LogP contribution in [0.3, 0.4) is 0 Å². The van der Waals surface area contributed by atoms with Crippen LogP contribution in [0, 0.1) is 4.77 Å². The number of methoxy groups -OCH3 is 1. The van der Waals surface area contributed by atoms with Crippen molar-refractivity contribution in [1.29, 1.82) is 0 Å². The molecule has 2 unspecified atom stereocenters. The Balaban J connectivity index is 2.38. The average molecular weight is 274 g/mol. The van der Waals surface area contributed by atoms with E-state index in [1.165, 1.54) is 13.3 Å². The molecular weight excluding hydrogens is 260 g/mol. The molecule has 8 heteroatoms. The molecule has 2 rings (SSSR count). The van der Waals surface area contributed by atoms with Crippen molar-refractivity contribution in [2.24, 2.45) is 0 Å². The van der Waals surface area contributed by atoms with Crippen molar-refractivity contribution >= 4 is 12.2 Å². The Kier molecular flexibility index (Phi) is 3.93. The van der Waals surface area contributed by atoms with E-state index in [1.54, 1.807) is 0 Å². The molecule has 0 aromatic carbocycles. The van der Waals surface area contributed by atoms with Crippen LogP contribution in [0.15, 0.2) is 11.0 Å². The highest BCUT2D eigenvalue weighted by Gasteiger charge is 2.45. The van der Waals surface area contributed by atoms with Gasteiger partial charge in [-0.25, -0.2) is 0 Å². The number of aromatic nitrogens is 2. The van der Waals surface area contributed by atoms with Gasteiger partial charge in [0, 0.05) is 13.3 Å². The predicted molar refractivity (Wildman–Crippen MR) is 63.8 cm³/mol. The van der Waals surface area contributed by atoms with E-state index >= 15 is 0 Å². The molecule has 1 saturated heterocycles. The van der Waals surface area contributed by atoms with Crippen molar-refractivity contribution in [3.05, 3.63) is 26.9 Å². The summed E-state index contributed by atoms with van der Waals surface area (Å²) in [5.41, 5.74) is -0.137. The Labute approximate surface area is 107 Å². The monoisotopic (exact) mass is 274 g/mol. The molecule has 1 fully saturated rings. The highest BCUT2D eigenvalue weighted by atomic mass is 32.1. The summed E-state index contributed by atoms with van der Waals surface area (Å²) < 4.78 is 10.8. The second-order valence-electron chi connectivity index (χ2n) is 4.00. The smallest absolute Gasteiger partial charge is 0.257 e. The van der Waals surface area contributed by atoms with Crippen molar-refractivity contribution in [2.45, 2.75) is 24.4 Å². The van der Waals surface area contributed by atoms with Crippen molar-refractivity contribution < 1.29 is 19.7 Å². The first-order chi connectivity index (χ1) is 8.58. The largest absolute Gasteiger partial charge is 0.394 e. The van der Waals surface area contributed by atoms with Crippen molar-refractivity contribution in [1.82, 2.24) is 9.97 Å². The number of H-pyrrole nitrogens is 2. The zero-order chi connectivity index (χ0) is 13.3. The number of aliphatic hydroxyl groups is 2. The van der Waals surface area contributed by atoms with Crippen LogP contribution in [-0.2, 0) is 9.47 Å². The lowest BCUT2D eigenvalue weighted by Crippen LogP contribution is -2.34. The lowest BCUT2D eigenvalue weighted by molar-refractivity contribution is -0.0240. The van der Waals surface area contributed by atoms with E-state index in [4.69, 9.17) is 26.8 Å². The number of aliphatic hydroxyl groups excluding tert-OH is 2. The first-order valence-electron chi connectivity index (χ1n) is 5.37. The summed E-state index contributed by atoms with van der Waals surface area (Å²) in [5, 5.41) is 18.9. The minimum Gasteiger partial charge on any atom is -0.394 e. The molecule has 0 saturated carbocycles. The summed E-state index contributed by atoms with van der Waals surface area (Å²) in [6.07, 6.45) is -1.81. The van der Waals surface area contributed by atoms with Crippen LogP contribution in [0.2, 0.25) is 0 Å². The van der Waals surface area contributed by atoms with E-state index < -0.39 is 30.0 Å². The zero-order valence-electron chi connectivity index (χ0n) is 9.62. The van der Waals surface area contributed by atoms with Gasteiger partial charge in [-0.15, -0.1) is 0 Å². The molecule has 0 spiro atoms. The third kappa shape index (κ3) is 2.25. The molecule has 0 amide bonds. The molecule has 0 bridgehead atoms. The van der Waals surface area contributed by atoms with Gasteiger partial charge < -0.3 is 24.7 Å². The Bertz CT molecular complexity index is 527. The maximum Gasteiger partial charge on any atom is 0.257 e. The van der Waals surface area contributed by atoms with Crippen LogP contribution in [0.4, 0.5) is 0 Å². The zero-order valence-corrected chi connectivity index (χ0v) is 10.4. The SMILES string of the molecule is COC1C(O)[C@@H](CO)O[C@H]1c1c[nH]c(=S)[nH]c1=O. The van der Waals surface area contributed by atoms with E-state index in [9.17, 15) is 9.90 Å². The molecule has 1 aromatic heterocycles. The topological polar surface area (TPSA) is 108 Å². The minimum atomic E-state index is -0.993. The van der Waals surface area contributed by atoms with Gasteiger partial charge in [0.25, 0.3) is 5.56 Å². The van der Waals surface area contributed by atoms with E-state index in [-0.39, 0.29) is 16.9 Å². The number of nitrogens with one attached hydrogen (secondary N) is 2. The Morgan fingerprint density at radius 3 is 2.89 bits per heavy atom. The summed E-state index contributed by atoms with van der Waals surface area (Å²) >= 11 is 4.79. The predicted octanol–water partition coefficient (Wildman–Crippen LogP) is -0.759. The Morgan fingerprint density at radius 2 is 2.33 bits per heavy atom. The third-order valence-electron chi connectivity index (χ3n) is 2.94. The van der Waals surface area contributed by atoms with Gasteiger partial charge in [0.2, 0.25) is 0 Å². The van der Waals surface area contributed by atoms with Gasteiger partial charge in [0.05, 0.1) is 12.2 Å². The van der Waals surface area contributed by atoms with E-state index in [0.29, 0.717) is 0 Å². The number of hydrogen-bond acceptors (Lipinski definition) is 6. The summed E-state index contributed by atoms with van der Waals surface area (Å²) in [5.74, 6) is 0. The van der Waals surface area contributed by atoms with E-state index in [1.807, 2.05) is 0 Å². The molecular formula is C10H14N2O5S. The highest BCUT2D eigenvalue weighted by molar-refractivity contribution is 7.71. The van der Waals surface area contributed by atoms with Gasteiger partial charge in [0.15, 0.2) is 4.77 Å². The standard InChI is InChI=1S/C10H14N2O5S/c1-16-8-6(14)5(3-13)17-7(8)4-2-11-10(18)12-9(4)15/h2,5-8,13-14H,3H2,1H3,(H2,11,12,15,18)/t5-,6?,7+,8?/m1/s1. The highest BCUT2D eigenvalue weighted by Crippen LogP contribution is 2.33. The molecule has 100 valence electrons. The van der Waals surface area contributed by atoms with Crippen molar-refractivity contribution in [2.75, 3.05) is 13.7 Å². The van der Waals surface area contributed by atoms with Gasteiger partial charge >= 0.3 is 0 Å². The Morgan fingerprint density at radius 1 is 1.61 bits per heavy atom. The molecule has 2 heterocycles. The van der Waals surface area contributed by atoms with Gasteiger partial charge in [0.1, 0.15) is 24.4 Å². The summed E-state index contributed by atoms with van der Waals surface area (Å²) in [6, 6.07) is 0. The molecule has 1 aliphatic heterocycles. The fourth-order valence-corrected chi connectivity index (χ4v) is 2.18.